The van der Waals surface area contributed by atoms with E-state index in [2.05, 4.69) is 20.3 Å². The molecule has 0 aliphatic heterocycles. The van der Waals surface area contributed by atoms with Crippen molar-refractivity contribution in [3.05, 3.63) is 102 Å². The highest BCUT2D eigenvalue weighted by atomic mass is 19.3. The summed E-state index contributed by atoms with van der Waals surface area (Å²) in [5.74, 6) is -1.45. The number of carbonyl (C=O) groups excluding carboxylic acids is 1. The molecule has 0 unspecified atom stereocenters. The molecular weight excluding hydrogens is 428 g/mol. The number of carbonyl (C=O) groups is 1. The smallest absolute Gasteiger partial charge is 0.314 e. The summed E-state index contributed by atoms with van der Waals surface area (Å²) in [6, 6.07) is 19.8. The summed E-state index contributed by atoms with van der Waals surface area (Å²) >= 11 is 0. The number of halogens is 2. The van der Waals surface area contributed by atoms with Crippen LogP contribution in [0.5, 0.6) is 0 Å². The first-order valence-corrected chi connectivity index (χ1v) is 10.0. The summed E-state index contributed by atoms with van der Waals surface area (Å²) in [4.78, 5) is 17.3. The molecule has 1 atom stereocenters. The average Bonchev–Trinajstić information content (AvgIpc) is 3.35. The minimum atomic E-state index is -2.82. The predicted octanol–water partition coefficient (Wildman–Crippen LogP) is 4.69. The summed E-state index contributed by atoms with van der Waals surface area (Å²) < 4.78 is 30.2. The van der Waals surface area contributed by atoms with Crippen LogP contribution in [0.3, 0.4) is 0 Å². The van der Waals surface area contributed by atoms with Gasteiger partial charge in [0.25, 0.3) is 11.8 Å². The van der Waals surface area contributed by atoms with Crippen molar-refractivity contribution in [1.29, 1.82) is 0 Å². The molecule has 4 aromatic rings. The van der Waals surface area contributed by atoms with Crippen molar-refractivity contribution in [3.8, 4) is 11.5 Å². The molecule has 0 fully saturated rings. The van der Waals surface area contributed by atoms with Crippen LogP contribution in [0, 0.1) is 0 Å². The molecule has 2 heterocycles. The number of aromatic nitrogens is 3. The van der Waals surface area contributed by atoms with Crippen LogP contribution in [-0.4, -0.2) is 39.4 Å². The van der Waals surface area contributed by atoms with Gasteiger partial charge in [0.1, 0.15) is 0 Å². The molecule has 2 aromatic heterocycles. The van der Waals surface area contributed by atoms with E-state index in [1.165, 1.54) is 11.2 Å². The van der Waals surface area contributed by atoms with Crippen LogP contribution < -0.4 is 0 Å². The Kier molecular flexibility index (Phi) is 6.58. The third-order valence-electron chi connectivity index (χ3n) is 4.90. The van der Waals surface area contributed by atoms with E-state index in [1.807, 2.05) is 42.5 Å². The maximum absolute atomic E-state index is 13.3. The third kappa shape index (κ3) is 5.15. The predicted molar refractivity (Wildman–Crippen MR) is 118 cm³/mol. The maximum Gasteiger partial charge on any atom is 0.314 e. The van der Waals surface area contributed by atoms with Crippen LogP contribution in [-0.2, 0) is 4.79 Å². The molecule has 0 saturated heterocycles. The lowest BCUT2D eigenvalue weighted by Crippen LogP contribution is -2.28. The van der Waals surface area contributed by atoms with Crippen molar-refractivity contribution in [3.63, 3.8) is 0 Å². The first kappa shape index (κ1) is 21.9. The molecule has 0 spiro atoms. The van der Waals surface area contributed by atoms with E-state index < -0.39 is 18.2 Å². The van der Waals surface area contributed by atoms with Gasteiger partial charge in [-0.1, -0.05) is 42.5 Å². The highest BCUT2D eigenvalue weighted by Crippen LogP contribution is 2.26. The summed E-state index contributed by atoms with van der Waals surface area (Å²) in [7, 11) is 1.59. The standard InChI is InChI=1S/C24H19F2N5O2/c1-31(24(32)20(17-5-3-2-4-6-17)18-11-13-27-14-12-18)28-15-16-7-9-19(10-8-16)22-29-30-23(33-22)21(25)26/h2-15,20-21H,1H3/b28-15+/t20-/m1/s1. The second kappa shape index (κ2) is 9.90. The number of pyridine rings is 1. The van der Waals surface area contributed by atoms with Crippen molar-refractivity contribution in [2.24, 2.45) is 5.10 Å². The number of hydrogen-bond donors (Lipinski definition) is 0. The van der Waals surface area contributed by atoms with Gasteiger partial charge < -0.3 is 4.42 Å². The molecule has 0 N–H and O–H groups in total. The summed E-state index contributed by atoms with van der Waals surface area (Å²) in [5.41, 5.74) is 2.86. The third-order valence-corrected chi connectivity index (χ3v) is 4.90. The van der Waals surface area contributed by atoms with Crippen LogP contribution in [0.2, 0.25) is 0 Å². The quantitative estimate of drug-likeness (QED) is 0.303. The van der Waals surface area contributed by atoms with Gasteiger partial charge in [0.2, 0.25) is 5.89 Å². The van der Waals surface area contributed by atoms with Gasteiger partial charge >= 0.3 is 6.43 Å². The average molecular weight is 447 g/mol. The Bertz CT molecular complexity index is 1190. The lowest BCUT2D eigenvalue weighted by atomic mass is 9.91. The first-order valence-electron chi connectivity index (χ1n) is 10.0. The number of likely N-dealkylation sites (N-methyl/N-ethyl adjacent to an activating group) is 1. The van der Waals surface area contributed by atoms with Crippen LogP contribution in [0.1, 0.15) is 34.9 Å². The minimum Gasteiger partial charge on any atom is -0.415 e. The molecule has 0 aliphatic carbocycles. The monoisotopic (exact) mass is 447 g/mol. The summed E-state index contributed by atoms with van der Waals surface area (Å²) in [6.07, 6.45) is 2.01. The number of rotatable bonds is 7. The SMILES string of the molecule is CN(/N=C/c1ccc(-c2nnc(C(F)F)o2)cc1)C(=O)[C@H](c1ccccc1)c1ccncc1. The van der Waals surface area contributed by atoms with Gasteiger partial charge in [-0.05, 0) is 41.0 Å². The zero-order valence-electron chi connectivity index (χ0n) is 17.5. The van der Waals surface area contributed by atoms with Gasteiger partial charge in [-0.15, -0.1) is 10.2 Å². The fraction of sp³-hybridized carbons (Fsp3) is 0.125. The van der Waals surface area contributed by atoms with Crippen molar-refractivity contribution < 1.29 is 18.0 Å². The molecular formula is C24H19F2N5O2. The van der Waals surface area contributed by atoms with Crippen molar-refractivity contribution in [1.82, 2.24) is 20.2 Å². The lowest BCUT2D eigenvalue weighted by Gasteiger charge is -2.21. The zero-order chi connectivity index (χ0) is 23.2. The van der Waals surface area contributed by atoms with Gasteiger partial charge in [0, 0.05) is 25.0 Å². The Hall–Kier alpha value is -4.27. The maximum atomic E-state index is 13.3. The second-order valence-electron chi connectivity index (χ2n) is 7.10. The minimum absolute atomic E-state index is 0.00383. The van der Waals surface area contributed by atoms with E-state index in [-0.39, 0.29) is 11.8 Å². The Morgan fingerprint density at radius 3 is 2.27 bits per heavy atom. The number of benzene rings is 2. The fourth-order valence-electron chi connectivity index (χ4n) is 3.23. The first-order chi connectivity index (χ1) is 16.0. The Labute approximate surface area is 188 Å². The topological polar surface area (TPSA) is 84.5 Å². The van der Waals surface area contributed by atoms with Gasteiger partial charge in [-0.25, -0.2) is 5.01 Å². The van der Waals surface area contributed by atoms with Gasteiger partial charge in [0.05, 0.1) is 12.1 Å². The molecule has 4 rings (SSSR count). The van der Waals surface area contributed by atoms with Gasteiger partial charge in [-0.3, -0.25) is 9.78 Å². The number of hydrazone groups is 1. The Morgan fingerprint density at radius 2 is 1.64 bits per heavy atom. The van der Waals surface area contributed by atoms with E-state index in [0.29, 0.717) is 11.1 Å². The number of amides is 1. The lowest BCUT2D eigenvalue weighted by molar-refractivity contribution is -0.130. The van der Waals surface area contributed by atoms with Gasteiger partial charge in [0.15, 0.2) is 0 Å². The molecule has 0 radical (unpaired) electrons. The van der Waals surface area contributed by atoms with E-state index in [1.54, 1.807) is 43.7 Å². The van der Waals surface area contributed by atoms with Gasteiger partial charge in [-0.2, -0.15) is 13.9 Å². The molecule has 1 amide bonds. The molecule has 7 nitrogen and oxygen atoms in total. The molecule has 166 valence electrons. The van der Waals surface area contributed by atoms with Crippen LogP contribution >= 0.6 is 0 Å². The van der Waals surface area contributed by atoms with Crippen LogP contribution in [0.25, 0.3) is 11.5 Å². The van der Waals surface area contributed by atoms with E-state index in [0.717, 1.165) is 11.1 Å². The molecule has 2 aromatic carbocycles. The number of nitrogens with zero attached hydrogens (tertiary/aromatic N) is 5. The molecule has 33 heavy (non-hydrogen) atoms. The molecule has 0 aliphatic rings. The van der Waals surface area contributed by atoms with Crippen molar-refractivity contribution in [2.75, 3.05) is 7.05 Å². The number of alkyl halides is 2. The molecule has 0 saturated carbocycles. The normalized spacial score (nSPS) is 12.2. The highest BCUT2D eigenvalue weighted by molar-refractivity contribution is 5.88. The number of hydrogen-bond acceptors (Lipinski definition) is 6. The second-order valence-corrected chi connectivity index (χ2v) is 7.10. The van der Waals surface area contributed by atoms with Crippen LogP contribution in [0.4, 0.5) is 8.78 Å². The van der Waals surface area contributed by atoms with Crippen LogP contribution in [0.15, 0.2) is 88.6 Å². The molecule has 0 bridgehead atoms. The Balaban J connectivity index is 1.50. The van der Waals surface area contributed by atoms with E-state index >= 15 is 0 Å². The van der Waals surface area contributed by atoms with Crippen molar-refractivity contribution in [2.45, 2.75) is 12.3 Å². The highest BCUT2D eigenvalue weighted by Gasteiger charge is 2.25. The zero-order valence-corrected chi connectivity index (χ0v) is 17.5. The molecule has 9 heteroatoms. The largest absolute Gasteiger partial charge is 0.415 e. The fourth-order valence-corrected chi connectivity index (χ4v) is 3.23. The van der Waals surface area contributed by atoms with Crippen molar-refractivity contribution >= 4 is 12.1 Å². The van der Waals surface area contributed by atoms with E-state index in [9.17, 15) is 13.6 Å². The van der Waals surface area contributed by atoms with E-state index in [4.69, 9.17) is 4.42 Å². The Morgan fingerprint density at radius 1 is 0.970 bits per heavy atom. The summed E-state index contributed by atoms with van der Waals surface area (Å²) in [6.45, 7) is 0. The summed E-state index contributed by atoms with van der Waals surface area (Å²) in [5, 5.41) is 12.5.